The molecule has 1 unspecified atom stereocenters. The summed E-state index contributed by atoms with van der Waals surface area (Å²) in [6.45, 7) is -0.553. The number of likely N-dealkylation sites (N-methyl/N-ethyl adjacent to an activating group) is 1. The number of methoxy groups -OCH3 is 2. The van der Waals surface area contributed by atoms with E-state index in [2.05, 4.69) is 5.32 Å². The van der Waals surface area contributed by atoms with E-state index in [4.69, 9.17) is 21.1 Å². The summed E-state index contributed by atoms with van der Waals surface area (Å²) in [5, 5.41) is 3.11. The Hall–Kier alpha value is -3.76. The van der Waals surface area contributed by atoms with Gasteiger partial charge in [0.1, 0.15) is 24.1 Å². The second-order valence-corrected chi connectivity index (χ2v) is 11.1. The molecule has 3 aromatic carbocycles. The number of halogens is 1. The van der Waals surface area contributed by atoms with Crippen molar-refractivity contribution in [2.75, 3.05) is 38.4 Å². The highest BCUT2D eigenvalue weighted by molar-refractivity contribution is 7.92. The number of ether oxygens (including phenoxy) is 2. The molecule has 9 nitrogen and oxygen atoms in total. The third kappa shape index (κ3) is 7.87. The fourth-order valence-corrected chi connectivity index (χ4v) is 5.20. The molecule has 1 N–H and O–H groups in total. The third-order valence-electron chi connectivity index (χ3n) is 6.09. The molecule has 1 atom stereocenters. The maximum absolute atomic E-state index is 14.0. The molecular formula is C28H32ClN3O6S. The number of sulfonamides is 1. The smallest absolute Gasteiger partial charge is 0.244 e. The van der Waals surface area contributed by atoms with Gasteiger partial charge >= 0.3 is 0 Å². The Morgan fingerprint density at radius 2 is 1.64 bits per heavy atom. The van der Waals surface area contributed by atoms with Crippen molar-refractivity contribution in [2.45, 2.75) is 19.0 Å². The van der Waals surface area contributed by atoms with Crippen molar-refractivity contribution >= 4 is 39.1 Å². The lowest BCUT2D eigenvalue weighted by Crippen LogP contribution is -2.52. The Bertz CT molecular complexity index is 1400. The van der Waals surface area contributed by atoms with Gasteiger partial charge in [0.05, 0.1) is 26.2 Å². The molecule has 208 valence electrons. The lowest BCUT2D eigenvalue weighted by atomic mass is 10.0. The van der Waals surface area contributed by atoms with E-state index in [1.165, 1.54) is 32.2 Å². The number of hydrogen-bond donors (Lipinski definition) is 1. The van der Waals surface area contributed by atoms with Crippen molar-refractivity contribution in [2.24, 2.45) is 0 Å². The molecule has 0 bridgehead atoms. The van der Waals surface area contributed by atoms with Crippen LogP contribution in [0.3, 0.4) is 0 Å². The maximum atomic E-state index is 14.0. The Morgan fingerprint density at radius 3 is 2.23 bits per heavy atom. The Labute approximate surface area is 234 Å². The number of nitrogens with zero attached hydrogens (tertiary/aromatic N) is 2. The van der Waals surface area contributed by atoms with E-state index in [0.29, 0.717) is 16.3 Å². The monoisotopic (exact) mass is 573 g/mol. The number of carbonyl (C=O) groups excluding carboxylic acids is 2. The van der Waals surface area contributed by atoms with E-state index in [0.717, 1.165) is 16.1 Å². The summed E-state index contributed by atoms with van der Waals surface area (Å²) in [6.07, 6.45) is 1.22. The van der Waals surface area contributed by atoms with Gasteiger partial charge in [-0.1, -0.05) is 54.1 Å². The highest BCUT2D eigenvalue weighted by Crippen LogP contribution is 2.34. The van der Waals surface area contributed by atoms with Gasteiger partial charge < -0.3 is 19.7 Å². The van der Waals surface area contributed by atoms with Crippen LogP contribution in [-0.4, -0.2) is 65.2 Å². The van der Waals surface area contributed by atoms with Crippen molar-refractivity contribution in [3.05, 3.63) is 88.9 Å². The van der Waals surface area contributed by atoms with E-state index < -0.39 is 28.5 Å². The molecular weight excluding hydrogens is 542 g/mol. The van der Waals surface area contributed by atoms with Crippen LogP contribution in [0.2, 0.25) is 5.02 Å². The minimum atomic E-state index is -3.97. The van der Waals surface area contributed by atoms with Crippen molar-refractivity contribution in [1.82, 2.24) is 10.2 Å². The minimum absolute atomic E-state index is 0.0250. The fraction of sp³-hybridized carbons (Fsp3) is 0.286. The average molecular weight is 574 g/mol. The van der Waals surface area contributed by atoms with E-state index in [1.54, 1.807) is 36.4 Å². The molecule has 39 heavy (non-hydrogen) atoms. The molecule has 0 aromatic heterocycles. The van der Waals surface area contributed by atoms with Gasteiger partial charge in [-0.3, -0.25) is 13.9 Å². The van der Waals surface area contributed by atoms with Crippen LogP contribution in [0.5, 0.6) is 11.5 Å². The molecule has 0 saturated heterocycles. The second kappa shape index (κ2) is 13.3. The molecule has 0 saturated carbocycles. The summed E-state index contributed by atoms with van der Waals surface area (Å²) in [5.74, 6) is -0.355. The lowest BCUT2D eigenvalue weighted by Gasteiger charge is -2.33. The summed E-state index contributed by atoms with van der Waals surface area (Å²) >= 11 is 6.20. The summed E-state index contributed by atoms with van der Waals surface area (Å²) in [6, 6.07) is 19.9. The molecule has 3 rings (SSSR count). The predicted octanol–water partition coefficient (Wildman–Crippen LogP) is 3.51. The highest BCUT2D eigenvalue weighted by Gasteiger charge is 2.33. The van der Waals surface area contributed by atoms with E-state index >= 15 is 0 Å². The normalized spacial score (nSPS) is 11.8. The van der Waals surface area contributed by atoms with Crippen LogP contribution in [0.1, 0.15) is 11.1 Å². The number of amides is 2. The van der Waals surface area contributed by atoms with Crippen molar-refractivity contribution in [3.63, 3.8) is 0 Å². The standard InChI is InChI=1S/C28H32ClN3O6S/c1-30-28(34)25(16-20-9-6-5-7-10-20)31(18-21-11-8-12-22(29)15-21)27(33)19-32(39(4,35)36)24-17-23(37-2)13-14-26(24)38-3/h5-15,17,25H,16,18-19H2,1-4H3,(H,30,34). The zero-order chi connectivity index (χ0) is 28.6. The zero-order valence-electron chi connectivity index (χ0n) is 22.3. The lowest BCUT2D eigenvalue weighted by molar-refractivity contribution is -0.139. The topological polar surface area (TPSA) is 105 Å². The molecule has 0 aliphatic carbocycles. The largest absolute Gasteiger partial charge is 0.497 e. The number of rotatable bonds is 12. The number of nitrogens with one attached hydrogen (secondary N) is 1. The molecule has 0 aliphatic rings. The molecule has 0 fully saturated rings. The number of carbonyl (C=O) groups is 2. The molecule has 3 aromatic rings. The first-order chi connectivity index (χ1) is 18.6. The molecule has 2 amide bonds. The summed E-state index contributed by atoms with van der Waals surface area (Å²) in [7, 11) is 0.380. The summed E-state index contributed by atoms with van der Waals surface area (Å²) < 4.78 is 37.6. The zero-order valence-corrected chi connectivity index (χ0v) is 23.8. The van der Waals surface area contributed by atoms with Crippen molar-refractivity contribution < 1.29 is 27.5 Å². The van der Waals surface area contributed by atoms with Crippen LogP contribution >= 0.6 is 11.6 Å². The van der Waals surface area contributed by atoms with Crippen molar-refractivity contribution in [1.29, 1.82) is 0 Å². The molecule has 0 spiro atoms. The number of benzene rings is 3. The molecule has 0 heterocycles. The van der Waals surface area contributed by atoms with Gasteiger partial charge in [0, 0.05) is 31.1 Å². The first kappa shape index (κ1) is 29.8. The van der Waals surface area contributed by atoms with Crippen LogP contribution in [0.25, 0.3) is 0 Å². The van der Waals surface area contributed by atoms with Crippen LogP contribution in [-0.2, 0) is 32.6 Å². The Morgan fingerprint density at radius 1 is 0.949 bits per heavy atom. The Balaban J connectivity index is 2.08. The summed E-state index contributed by atoms with van der Waals surface area (Å²) in [5.41, 5.74) is 1.65. The van der Waals surface area contributed by atoms with Gasteiger partial charge in [-0.2, -0.15) is 0 Å². The Kier molecular flexibility index (Phi) is 10.2. The van der Waals surface area contributed by atoms with Gasteiger partial charge in [-0.05, 0) is 35.4 Å². The van der Waals surface area contributed by atoms with E-state index in [9.17, 15) is 18.0 Å². The molecule has 0 radical (unpaired) electrons. The highest BCUT2D eigenvalue weighted by atomic mass is 35.5. The fourth-order valence-electron chi connectivity index (χ4n) is 4.14. The van der Waals surface area contributed by atoms with Gasteiger partial charge in [0.15, 0.2) is 0 Å². The SMILES string of the molecule is CNC(=O)C(Cc1ccccc1)N(Cc1cccc(Cl)c1)C(=O)CN(c1cc(OC)ccc1OC)S(C)(=O)=O. The van der Waals surface area contributed by atoms with E-state index in [1.807, 2.05) is 30.3 Å². The number of anilines is 1. The first-order valence-corrected chi connectivity index (χ1v) is 14.3. The van der Waals surface area contributed by atoms with Crippen molar-refractivity contribution in [3.8, 4) is 11.5 Å². The third-order valence-corrected chi connectivity index (χ3v) is 7.45. The number of hydrogen-bond acceptors (Lipinski definition) is 6. The first-order valence-electron chi connectivity index (χ1n) is 12.1. The van der Waals surface area contributed by atoms with Crippen LogP contribution < -0.4 is 19.1 Å². The van der Waals surface area contributed by atoms with Crippen LogP contribution in [0, 0.1) is 0 Å². The van der Waals surface area contributed by atoms with Gasteiger partial charge in [-0.15, -0.1) is 0 Å². The maximum Gasteiger partial charge on any atom is 0.244 e. The minimum Gasteiger partial charge on any atom is -0.497 e. The van der Waals surface area contributed by atoms with Crippen LogP contribution in [0.4, 0.5) is 5.69 Å². The van der Waals surface area contributed by atoms with Gasteiger partial charge in [-0.25, -0.2) is 8.42 Å². The second-order valence-electron chi connectivity index (χ2n) is 8.78. The van der Waals surface area contributed by atoms with Gasteiger partial charge in [0.2, 0.25) is 21.8 Å². The summed E-state index contributed by atoms with van der Waals surface area (Å²) in [4.78, 5) is 28.5. The van der Waals surface area contributed by atoms with Crippen LogP contribution in [0.15, 0.2) is 72.8 Å². The molecule has 0 aliphatic heterocycles. The molecule has 11 heteroatoms. The average Bonchev–Trinajstić information content (AvgIpc) is 2.92. The van der Waals surface area contributed by atoms with Gasteiger partial charge in [0.25, 0.3) is 0 Å². The quantitative estimate of drug-likeness (QED) is 0.355. The predicted molar refractivity (Wildman–Crippen MR) is 152 cm³/mol. The van der Waals surface area contributed by atoms with E-state index in [-0.39, 0.29) is 30.3 Å².